The Morgan fingerprint density at radius 1 is 0.404 bits per heavy atom. The number of rotatable bonds is 7. The van der Waals surface area contributed by atoms with Crippen LogP contribution in [0.2, 0.25) is 0 Å². The molecule has 0 spiro atoms. The Morgan fingerprint density at radius 3 is 1.58 bits per heavy atom. The van der Waals surface area contributed by atoms with E-state index in [0.717, 1.165) is 28.3 Å². The Hall–Kier alpha value is -6.84. The van der Waals surface area contributed by atoms with Gasteiger partial charge in [-0.25, -0.2) is 0 Å². The van der Waals surface area contributed by atoms with Gasteiger partial charge in [-0.15, -0.1) is 35.9 Å². The average molecular weight is 909 g/mol. The molecule has 3 nitrogen and oxygen atoms in total. The summed E-state index contributed by atoms with van der Waals surface area (Å²) in [5.41, 5.74) is 13.8. The summed E-state index contributed by atoms with van der Waals surface area (Å²) in [7, 11) is 0. The first-order valence-corrected chi connectivity index (χ1v) is 18.9. The molecule has 0 aliphatic rings. The second kappa shape index (κ2) is 17.3. The van der Waals surface area contributed by atoms with Gasteiger partial charge in [-0.2, -0.15) is 0 Å². The van der Waals surface area contributed by atoms with E-state index in [1.807, 2.05) is 42.5 Å². The number of benzene rings is 8. The fourth-order valence-electron chi connectivity index (χ4n) is 7.34. The van der Waals surface area contributed by atoms with E-state index in [9.17, 15) is 0 Å². The minimum atomic E-state index is 0. The van der Waals surface area contributed by atoms with Crippen LogP contribution in [0.1, 0.15) is 0 Å². The van der Waals surface area contributed by atoms with E-state index >= 15 is 0 Å². The van der Waals surface area contributed by atoms with Crippen molar-refractivity contribution in [1.29, 1.82) is 0 Å². The van der Waals surface area contributed by atoms with Crippen molar-refractivity contribution in [3.8, 4) is 39.2 Å². The summed E-state index contributed by atoms with van der Waals surface area (Å²) in [6.45, 7) is 0. The molecule has 1 radical (unpaired) electrons. The molecule has 8 aromatic carbocycles. The molecule has 0 fully saturated rings. The zero-order valence-corrected chi connectivity index (χ0v) is 33.5. The monoisotopic (exact) mass is 909 g/mol. The third-order valence-corrected chi connectivity index (χ3v) is 10.0. The molecule has 0 aliphatic carbocycles. The maximum atomic E-state index is 4.22. The Kier molecular flexibility index (Phi) is 11.3. The van der Waals surface area contributed by atoms with Crippen LogP contribution in [0, 0.1) is 6.07 Å². The molecular formula is C53H38IrN3-. The van der Waals surface area contributed by atoms with Crippen LogP contribution in [0.25, 0.3) is 61.0 Å². The molecule has 2 aromatic heterocycles. The average Bonchev–Trinajstić information content (AvgIpc) is 3.62. The topological polar surface area (TPSA) is 21.1 Å². The molecule has 57 heavy (non-hydrogen) atoms. The van der Waals surface area contributed by atoms with Crippen molar-refractivity contribution in [3.63, 3.8) is 0 Å². The first-order valence-electron chi connectivity index (χ1n) is 18.9. The van der Waals surface area contributed by atoms with Crippen LogP contribution in [0.5, 0.6) is 0 Å². The third kappa shape index (κ3) is 7.97. The molecule has 0 amide bonds. The van der Waals surface area contributed by atoms with Crippen LogP contribution in [0.4, 0.5) is 17.1 Å². The minimum absolute atomic E-state index is 0. The molecule has 0 saturated heterocycles. The van der Waals surface area contributed by atoms with Crippen molar-refractivity contribution < 1.29 is 20.1 Å². The van der Waals surface area contributed by atoms with Gasteiger partial charge in [-0.3, -0.25) is 0 Å². The number of hydrogen-bond acceptors (Lipinski definition) is 2. The summed E-state index contributed by atoms with van der Waals surface area (Å²) in [4.78, 5) is 6.53. The summed E-state index contributed by atoms with van der Waals surface area (Å²) >= 11 is 0. The zero-order valence-electron chi connectivity index (χ0n) is 31.1. The molecule has 0 unspecified atom stereocenters. The largest absolute Gasteiger partial charge is 0.311 e. The van der Waals surface area contributed by atoms with Crippen molar-refractivity contribution in [2.75, 3.05) is 4.90 Å². The summed E-state index contributed by atoms with van der Waals surface area (Å²) in [5.74, 6) is 0. The molecule has 0 aliphatic heterocycles. The summed E-state index contributed by atoms with van der Waals surface area (Å²) in [5, 5.41) is 2.52. The molecule has 0 bridgehead atoms. The molecule has 0 atom stereocenters. The van der Waals surface area contributed by atoms with Gasteiger partial charge >= 0.3 is 0 Å². The molecule has 275 valence electrons. The molecule has 4 heteroatoms. The van der Waals surface area contributed by atoms with Crippen LogP contribution in [-0.2, 0) is 20.1 Å². The Morgan fingerprint density at radius 2 is 0.930 bits per heavy atom. The first-order chi connectivity index (χ1) is 27.8. The van der Waals surface area contributed by atoms with Crippen LogP contribution in [0.3, 0.4) is 0 Å². The summed E-state index contributed by atoms with van der Waals surface area (Å²) in [6.07, 6.45) is 1.79. The van der Waals surface area contributed by atoms with E-state index in [1.54, 1.807) is 6.20 Å². The van der Waals surface area contributed by atoms with E-state index in [0.29, 0.717) is 0 Å². The number of aromatic nitrogens is 2. The van der Waals surface area contributed by atoms with Gasteiger partial charge in [0.1, 0.15) is 0 Å². The van der Waals surface area contributed by atoms with Crippen LogP contribution < -0.4 is 4.90 Å². The van der Waals surface area contributed by atoms with Crippen LogP contribution in [-0.4, -0.2) is 9.55 Å². The Bertz CT molecular complexity index is 2770. The van der Waals surface area contributed by atoms with E-state index in [4.69, 9.17) is 0 Å². The van der Waals surface area contributed by atoms with Gasteiger partial charge in [0.25, 0.3) is 0 Å². The summed E-state index contributed by atoms with van der Waals surface area (Å²) < 4.78 is 2.36. The van der Waals surface area contributed by atoms with Crippen molar-refractivity contribution in [2.24, 2.45) is 0 Å². The molecule has 0 saturated carbocycles. The quantitative estimate of drug-likeness (QED) is 0.149. The number of para-hydroxylation sites is 3. The molecule has 2 heterocycles. The van der Waals surface area contributed by atoms with Gasteiger partial charge in [0.15, 0.2) is 0 Å². The Labute approximate surface area is 347 Å². The second-order valence-corrected chi connectivity index (χ2v) is 13.5. The fourth-order valence-corrected chi connectivity index (χ4v) is 7.34. The van der Waals surface area contributed by atoms with Gasteiger partial charge in [0.05, 0.1) is 11.0 Å². The standard InChI is InChI=1S/C42H30N2.C11H8N.Ir/c1-4-12-31(13-5-1)32-20-25-37(26-21-32)43(35-14-6-2-7-15-35)38-27-22-33(23-28-38)34-24-29-42-40(30-34)39-18-10-11-19-41(39)44(42)36-16-8-3-9-17-36;1-2-6-10(7-3-1)11-8-4-5-9-12-11;/h1-30H;1-6,8-9H;/q;-1;. The smallest absolute Gasteiger partial charge is 0.0541 e. The van der Waals surface area contributed by atoms with Gasteiger partial charge in [-0.1, -0.05) is 127 Å². The fraction of sp³-hybridized carbons (Fsp3) is 0. The minimum Gasteiger partial charge on any atom is -0.311 e. The van der Waals surface area contributed by atoms with E-state index < -0.39 is 0 Å². The molecule has 10 aromatic rings. The maximum Gasteiger partial charge on any atom is 0.0541 e. The van der Waals surface area contributed by atoms with Gasteiger partial charge in [0, 0.05) is 59.8 Å². The van der Waals surface area contributed by atoms with E-state index in [1.165, 1.54) is 49.7 Å². The van der Waals surface area contributed by atoms with Crippen molar-refractivity contribution >= 4 is 38.9 Å². The SMILES string of the molecule is [Ir].[c-]1ccccc1-c1ccccn1.c1ccc(-c2ccc(N(c3ccccc3)c3ccc(-c4ccc5c(c4)c4ccccc4n5-c4ccccc4)cc3)cc2)cc1. The van der Waals surface area contributed by atoms with Crippen molar-refractivity contribution in [2.45, 2.75) is 0 Å². The van der Waals surface area contributed by atoms with Crippen LogP contribution in [0.15, 0.2) is 231 Å². The van der Waals surface area contributed by atoms with Crippen molar-refractivity contribution in [1.82, 2.24) is 9.55 Å². The maximum absolute atomic E-state index is 4.22. The number of anilines is 3. The van der Waals surface area contributed by atoms with Crippen LogP contribution >= 0.6 is 0 Å². The number of fused-ring (bicyclic) bond motifs is 3. The summed E-state index contributed by atoms with van der Waals surface area (Å²) in [6, 6.07) is 81.8. The number of pyridine rings is 1. The first kappa shape index (κ1) is 37.1. The van der Waals surface area contributed by atoms with Gasteiger partial charge in [-0.05, 0) is 101 Å². The Balaban J connectivity index is 0.000000300. The predicted octanol–water partition coefficient (Wildman–Crippen LogP) is 14.1. The second-order valence-electron chi connectivity index (χ2n) is 13.5. The van der Waals surface area contributed by atoms with Crippen molar-refractivity contribution in [3.05, 3.63) is 237 Å². The zero-order chi connectivity index (χ0) is 37.5. The predicted molar refractivity (Wildman–Crippen MR) is 235 cm³/mol. The molecule has 0 N–H and O–H groups in total. The normalized spacial score (nSPS) is 10.7. The molecule has 10 rings (SSSR count). The number of hydrogen-bond donors (Lipinski definition) is 0. The van der Waals surface area contributed by atoms with Gasteiger partial charge in [0.2, 0.25) is 0 Å². The van der Waals surface area contributed by atoms with E-state index in [2.05, 4.69) is 203 Å². The number of nitrogens with zero attached hydrogens (tertiary/aromatic N) is 3. The third-order valence-electron chi connectivity index (χ3n) is 10.0. The van der Waals surface area contributed by atoms with E-state index in [-0.39, 0.29) is 20.1 Å². The molecular weight excluding hydrogens is 871 g/mol. The van der Waals surface area contributed by atoms with Gasteiger partial charge < -0.3 is 14.5 Å².